The Hall–Kier alpha value is -3.54. The van der Waals surface area contributed by atoms with Crippen LogP contribution in [0.5, 0.6) is 5.75 Å². The minimum absolute atomic E-state index is 0.231. The van der Waals surface area contributed by atoms with E-state index in [4.69, 9.17) is 32.8 Å². The van der Waals surface area contributed by atoms with Crippen molar-refractivity contribution in [3.8, 4) is 5.75 Å². The summed E-state index contributed by atoms with van der Waals surface area (Å²) in [6.07, 6.45) is 1.56. The average molecular weight is 479 g/mol. The lowest BCUT2D eigenvalue weighted by atomic mass is 10.0. The molecule has 1 N–H and O–H groups in total. The second kappa shape index (κ2) is 10.9. The second-order valence-corrected chi connectivity index (χ2v) is 8.05. The smallest absolute Gasteiger partial charge is 0.265 e. The number of anilines is 1. The third-order valence-electron chi connectivity index (χ3n) is 4.82. The maximum atomic E-state index is 12.1. The molecule has 1 amide bonds. The van der Waals surface area contributed by atoms with Crippen molar-refractivity contribution in [1.29, 1.82) is 0 Å². The number of ether oxygens (including phenoxy) is 1. The lowest BCUT2D eigenvalue weighted by Gasteiger charge is -2.12. The Morgan fingerprint density at radius 1 is 0.879 bits per heavy atom. The van der Waals surface area contributed by atoms with Crippen molar-refractivity contribution in [2.24, 2.45) is 5.16 Å². The maximum absolute atomic E-state index is 12.1. The predicted octanol–water partition coefficient (Wildman–Crippen LogP) is 6.71. The Morgan fingerprint density at radius 3 is 2.33 bits per heavy atom. The Labute approximate surface area is 201 Å². The van der Waals surface area contributed by atoms with Gasteiger partial charge in [0.05, 0.1) is 6.21 Å². The highest BCUT2D eigenvalue weighted by Gasteiger charge is 2.09. The summed E-state index contributed by atoms with van der Waals surface area (Å²) >= 11 is 11.8. The molecule has 0 spiro atoms. The van der Waals surface area contributed by atoms with Crippen LogP contribution in [0.25, 0.3) is 10.8 Å². The minimum Gasteiger partial charge on any atom is -0.488 e. The third kappa shape index (κ3) is 6.25. The first-order valence-electron chi connectivity index (χ1n) is 10.2. The molecule has 0 saturated heterocycles. The van der Waals surface area contributed by atoms with Crippen LogP contribution in [0.1, 0.15) is 11.1 Å². The number of benzene rings is 4. The largest absolute Gasteiger partial charge is 0.488 e. The topological polar surface area (TPSA) is 59.9 Å². The molecular weight excluding hydrogens is 459 g/mol. The van der Waals surface area contributed by atoms with Gasteiger partial charge in [0.15, 0.2) is 6.61 Å². The van der Waals surface area contributed by atoms with E-state index in [0.717, 1.165) is 21.9 Å². The van der Waals surface area contributed by atoms with E-state index in [9.17, 15) is 4.79 Å². The normalized spacial score (nSPS) is 11.0. The molecule has 4 aromatic rings. The van der Waals surface area contributed by atoms with Crippen molar-refractivity contribution in [2.75, 3.05) is 11.9 Å². The average Bonchev–Trinajstić information content (AvgIpc) is 2.83. The predicted molar refractivity (Wildman–Crippen MR) is 133 cm³/mol. The van der Waals surface area contributed by atoms with Gasteiger partial charge in [-0.05, 0) is 58.8 Å². The molecule has 0 atom stereocenters. The summed E-state index contributed by atoms with van der Waals surface area (Å²) in [6, 6.07) is 26.1. The van der Waals surface area contributed by atoms with Crippen LogP contribution in [-0.2, 0) is 16.2 Å². The van der Waals surface area contributed by atoms with E-state index in [0.29, 0.717) is 28.1 Å². The van der Waals surface area contributed by atoms with Crippen LogP contribution in [-0.4, -0.2) is 18.7 Å². The highest BCUT2D eigenvalue weighted by Crippen LogP contribution is 2.27. The first-order valence-corrected chi connectivity index (χ1v) is 10.9. The number of rotatable bonds is 8. The standard InChI is InChI=1S/C26H20Cl2N2O3/c27-20-8-5-18(6-9-20)16-32-25-14-7-19-3-1-2-4-23(19)24(25)15-29-33-17-26(31)30-22-12-10-21(28)11-13-22/h1-15H,16-17H2,(H,30,31)/b29-15+. The number of fused-ring (bicyclic) bond motifs is 1. The summed E-state index contributed by atoms with van der Waals surface area (Å²) in [5.74, 6) is 0.327. The second-order valence-electron chi connectivity index (χ2n) is 7.18. The van der Waals surface area contributed by atoms with E-state index in [-0.39, 0.29) is 12.5 Å². The molecule has 0 aromatic heterocycles. The summed E-state index contributed by atoms with van der Waals surface area (Å²) in [5.41, 5.74) is 2.38. The van der Waals surface area contributed by atoms with Crippen LogP contribution in [0.4, 0.5) is 5.69 Å². The molecule has 4 rings (SSSR count). The van der Waals surface area contributed by atoms with Gasteiger partial charge in [-0.3, -0.25) is 4.79 Å². The zero-order valence-corrected chi connectivity index (χ0v) is 19.0. The minimum atomic E-state index is -0.327. The van der Waals surface area contributed by atoms with Crippen LogP contribution in [0.15, 0.2) is 90.1 Å². The van der Waals surface area contributed by atoms with Crippen LogP contribution in [0, 0.1) is 0 Å². The number of hydrogen-bond acceptors (Lipinski definition) is 4. The Morgan fingerprint density at radius 2 is 1.58 bits per heavy atom. The molecule has 5 nitrogen and oxygen atoms in total. The van der Waals surface area contributed by atoms with Gasteiger partial charge in [-0.15, -0.1) is 0 Å². The number of carbonyl (C=O) groups is 1. The van der Waals surface area contributed by atoms with Gasteiger partial charge in [-0.1, -0.05) is 70.8 Å². The first-order chi connectivity index (χ1) is 16.1. The number of oxime groups is 1. The highest BCUT2D eigenvalue weighted by atomic mass is 35.5. The molecule has 0 aliphatic heterocycles. The van der Waals surface area contributed by atoms with Gasteiger partial charge in [-0.2, -0.15) is 0 Å². The zero-order chi connectivity index (χ0) is 23.0. The fraction of sp³-hybridized carbons (Fsp3) is 0.0769. The summed E-state index contributed by atoms with van der Waals surface area (Å²) in [4.78, 5) is 17.3. The fourth-order valence-corrected chi connectivity index (χ4v) is 3.44. The lowest BCUT2D eigenvalue weighted by Crippen LogP contribution is -2.16. The third-order valence-corrected chi connectivity index (χ3v) is 5.32. The molecule has 0 heterocycles. The first kappa shape index (κ1) is 22.6. The van der Waals surface area contributed by atoms with Crippen molar-refractivity contribution in [1.82, 2.24) is 0 Å². The van der Waals surface area contributed by atoms with Crippen molar-refractivity contribution in [3.05, 3.63) is 106 Å². The number of nitrogens with zero attached hydrogens (tertiary/aromatic N) is 1. The van der Waals surface area contributed by atoms with Gasteiger partial charge in [-0.25, -0.2) is 0 Å². The number of carbonyl (C=O) groups excluding carboxylic acids is 1. The zero-order valence-electron chi connectivity index (χ0n) is 17.5. The van der Waals surface area contributed by atoms with E-state index in [1.165, 1.54) is 0 Å². The molecular formula is C26H20Cl2N2O3. The molecule has 0 bridgehead atoms. The maximum Gasteiger partial charge on any atom is 0.265 e. The molecule has 166 valence electrons. The molecule has 0 aliphatic carbocycles. The van der Waals surface area contributed by atoms with E-state index in [2.05, 4.69) is 10.5 Å². The summed E-state index contributed by atoms with van der Waals surface area (Å²) < 4.78 is 6.06. The summed E-state index contributed by atoms with van der Waals surface area (Å²) in [6.45, 7) is 0.144. The van der Waals surface area contributed by atoms with E-state index < -0.39 is 0 Å². The Bertz CT molecular complexity index is 1270. The number of hydrogen-bond donors (Lipinski definition) is 1. The fourth-order valence-electron chi connectivity index (χ4n) is 3.19. The van der Waals surface area contributed by atoms with E-state index in [1.807, 2.05) is 60.7 Å². The van der Waals surface area contributed by atoms with Gasteiger partial charge in [0.25, 0.3) is 5.91 Å². The molecule has 33 heavy (non-hydrogen) atoms. The van der Waals surface area contributed by atoms with Crippen LogP contribution >= 0.6 is 23.2 Å². The number of nitrogens with one attached hydrogen (secondary N) is 1. The SMILES string of the molecule is O=C(CO/N=C/c1c(OCc2ccc(Cl)cc2)ccc2ccccc12)Nc1ccc(Cl)cc1. The van der Waals surface area contributed by atoms with Gasteiger partial charge in [0.1, 0.15) is 12.4 Å². The Balaban J connectivity index is 1.45. The molecule has 0 unspecified atom stereocenters. The quantitative estimate of drug-likeness (QED) is 0.226. The van der Waals surface area contributed by atoms with Crippen LogP contribution in [0.2, 0.25) is 10.0 Å². The molecule has 4 aromatic carbocycles. The highest BCUT2D eigenvalue weighted by molar-refractivity contribution is 6.30. The molecule has 7 heteroatoms. The van der Waals surface area contributed by atoms with Crippen molar-refractivity contribution in [2.45, 2.75) is 6.61 Å². The van der Waals surface area contributed by atoms with E-state index >= 15 is 0 Å². The van der Waals surface area contributed by atoms with Crippen molar-refractivity contribution >= 4 is 51.8 Å². The number of halogens is 2. The van der Waals surface area contributed by atoms with Gasteiger partial charge in [0.2, 0.25) is 0 Å². The number of amides is 1. The molecule has 0 fully saturated rings. The van der Waals surface area contributed by atoms with E-state index in [1.54, 1.807) is 30.5 Å². The lowest BCUT2D eigenvalue weighted by molar-refractivity contribution is -0.120. The monoisotopic (exact) mass is 478 g/mol. The summed E-state index contributed by atoms with van der Waals surface area (Å²) in [7, 11) is 0. The summed E-state index contributed by atoms with van der Waals surface area (Å²) in [5, 5.41) is 10.0. The Kier molecular flexibility index (Phi) is 7.45. The van der Waals surface area contributed by atoms with Crippen molar-refractivity contribution < 1.29 is 14.4 Å². The molecule has 0 radical (unpaired) electrons. The van der Waals surface area contributed by atoms with Crippen LogP contribution in [0.3, 0.4) is 0 Å². The molecule has 0 aliphatic rings. The van der Waals surface area contributed by atoms with Gasteiger partial charge < -0.3 is 14.9 Å². The van der Waals surface area contributed by atoms with Gasteiger partial charge >= 0.3 is 0 Å². The van der Waals surface area contributed by atoms with Gasteiger partial charge in [0, 0.05) is 21.3 Å². The van der Waals surface area contributed by atoms with Crippen molar-refractivity contribution in [3.63, 3.8) is 0 Å². The molecule has 0 saturated carbocycles. The van der Waals surface area contributed by atoms with Crippen LogP contribution < -0.4 is 10.1 Å².